The van der Waals surface area contributed by atoms with Gasteiger partial charge in [0.2, 0.25) is 0 Å². The monoisotopic (exact) mass is 365 g/mol. The van der Waals surface area contributed by atoms with Gasteiger partial charge >= 0.3 is 0 Å². The molecule has 0 heterocycles. The highest BCUT2D eigenvalue weighted by Crippen LogP contribution is 2.22. The van der Waals surface area contributed by atoms with E-state index in [0.717, 1.165) is 24.8 Å². The molecule has 5 heteroatoms. The fourth-order valence-corrected chi connectivity index (χ4v) is 2.46. The van der Waals surface area contributed by atoms with Crippen LogP contribution in [0, 0.1) is 0 Å². The third kappa shape index (κ3) is 8.79. The zero-order valence-electron chi connectivity index (χ0n) is 16.7. The van der Waals surface area contributed by atoms with Crippen LogP contribution in [0.5, 0.6) is 5.75 Å². The van der Waals surface area contributed by atoms with E-state index >= 15 is 0 Å². The van der Waals surface area contributed by atoms with E-state index in [0.29, 0.717) is 43.5 Å². The van der Waals surface area contributed by atoms with Gasteiger partial charge in [-0.15, -0.1) is 0 Å². The van der Waals surface area contributed by atoms with Crippen LogP contribution in [0.3, 0.4) is 0 Å². The molecule has 0 spiro atoms. The van der Waals surface area contributed by atoms with Crippen molar-refractivity contribution >= 4 is 5.78 Å². The number of nitrogens with one attached hydrogen (secondary N) is 1. The Kier molecular flexibility index (Phi) is 11.2. The van der Waals surface area contributed by atoms with Crippen LogP contribution >= 0.6 is 0 Å². The quantitative estimate of drug-likeness (QED) is 0.388. The molecule has 0 fully saturated rings. The fraction of sp³-hybridized carbons (Fsp3) is 0.667. The first-order chi connectivity index (χ1) is 12.5. The van der Waals surface area contributed by atoms with E-state index < -0.39 is 6.10 Å². The number of carbonyl (C=O) groups is 1. The molecule has 0 amide bonds. The number of ketones is 1. The van der Waals surface area contributed by atoms with Gasteiger partial charge in [-0.05, 0) is 24.6 Å². The molecule has 1 rings (SSSR count). The smallest absolute Gasteiger partial charge is 0.162 e. The van der Waals surface area contributed by atoms with Crippen LogP contribution in [0.25, 0.3) is 0 Å². The number of unbranched alkanes of at least 4 members (excludes halogenated alkanes) is 2. The van der Waals surface area contributed by atoms with Crippen molar-refractivity contribution in [3.05, 3.63) is 29.3 Å². The van der Waals surface area contributed by atoms with Crippen molar-refractivity contribution in [3.63, 3.8) is 0 Å². The Morgan fingerprint density at radius 1 is 1.23 bits per heavy atom. The van der Waals surface area contributed by atoms with Gasteiger partial charge in [0, 0.05) is 36.7 Å². The zero-order valence-corrected chi connectivity index (χ0v) is 16.7. The van der Waals surface area contributed by atoms with Crippen LogP contribution in [0.2, 0.25) is 0 Å². The maximum Gasteiger partial charge on any atom is 0.162 e. The number of rotatable bonds is 14. The molecule has 0 aliphatic carbocycles. The summed E-state index contributed by atoms with van der Waals surface area (Å²) in [6.07, 6.45) is 3.21. The number of hydrogen-bond donors (Lipinski definition) is 2. The van der Waals surface area contributed by atoms with E-state index in [1.54, 1.807) is 12.1 Å². The van der Waals surface area contributed by atoms with Crippen molar-refractivity contribution < 1.29 is 19.4 Å². The highest BCUT2D eigenvalue weighted by atomic mass is 16.5. The molecule has 0 radical (unpaired) electrons. The van der Waals surface area contributed by atoms with Crippen molar-refractivity contribution in [3.8, 4) is 5.75 Å². The highest BCUT2D eigenvalue weighted by Gasteiger charge is 2.12. The molecule has 0 aliphatic heterocycles. The summed E-state index contributed by atoms with van der Waals surface area (Å²) >= 11 is 0. The summed E-state index contributed by atoms with van der Waals surface area (Å²) in [6.45, 7) is 9.86. The average molecular weight is 366 g/mol. The largest absolute Gasteiger partial charge is 0.490 e. The van der Waals surface area contributed by atoms with Gasteiger partial charge in [-0.2, -0.15) is 0 Å². The Morgan fingerprint density at radius 3 is 2.65 bits per heavy atom. The Bertz CT molecular complexity index is 531. The average Bonchev–Trinajstić information content (AvgIpc) is 2.64. The molecular formula is C21H35NO4. The summed E-state index contributed by atoms with van der Waals surface area (Å²) in [4.78, 5) is 12.0. The van der Waals surface area contributed by atoms with Gasteiger partial charge in [-0.1, -0.05) is 40.5 Å². The molecule has 0 aliphatic rings. The van der Waals surface area contributed by atoms with E-state index in [4.69, 9.17) is 9.47 Å². The summed E-state index contributed by atoms with van der Waals surface area (Å²) in [6, 6.07) is 5.74. The highest BCUT2D eigenvalue weighted by molar-refractivity contribution is 5.96. The second-order valence-electron chi connectivity index (χ2n) is 6.89. The Hall–Kier alpha value is -1.43. The van der Waals surface area contributed by atoms with E-state index in [1.165, 1.54) is 0 Å². The summed E-state index contributed by atoms with van der Waals surface area (Å²) in [5.41, 5.74) is 1.53. The van der Waals surface area contributed by atoms with E-state index in [1.807, 2.05) is 26.8 Å². The second-order valence-corrected chi connectivity index (χ2v) is 6.89. The molecule has 1 aromatic rings. The van der Waals surface area contributed by atoms with Gasteiger partial charge in [0.1, 0.15) is 18.5 Å². The van der Waals surface area contributed by atoms with Gasteiger partial charge < -0.3 is 19.9 Å². The third-order valence-electron chi connectivity index (χ3n) is 4.05. The van der Waals surface area contributed by atoms with Crippen molar-refractivity contribution in [1.29, 1.82) is 0 Å². The SMILES string of the molecule is CCCCCOCc1cc(C(=O)CC)ccc1OC[C@H](O)CNC(C)C. The molecule has 2 N–H and O–H groups in total. The first-order valence-corrected chi connectivity index (χ1v) is 9.76. The number of hydrogen-bond acceptors (Lipinski definition) is 5. The maximum absolute atomic E-state index is 12.0. The Labute approximate surface area is 158 Å². The van der Waals surface area contributed by atoms with E-state index in [-0.39, 0.29) is 12.4 Å². The first-order valence-electron chi connectivity index (χ1n) is 9.76. The molecule has 5 nitrogen and oxygen atoms in total. The molecule has 0 saturated heterocycles. The lowest BCUT2D eigenvalue weighted by molar-refractivity contribution is 0.0952. The number of ether oxygens (including phenoxy) is 2. The topological polar surface area (TPSA) is 67.8 Å². The molecule has 0 bridgehead atoms. The van der Waals surface area contributed by atoms with Crippen LogP contribution in [-0.2, 0) is 11.3 Å². The lowest BCUT2D eigenvalue weighted by Gasteiger charge is -2.17. The number of Topliss-reactive ketones (excluding diaryl/α,β-unsaturated/α-hetero) is 1. The minimum absolute atomic E-state index is 0.102. The summed E-state index contributed by atoms with van der Waals surface area (Å²) in [7, 11) is 0. The summed E-state index contributed by atoms with van der Waals surface area (Å²) < 4.78 is 11.5. The van der Waals surface area contributed by atoms with Gasteiger partial charge in [0.25, 0.3) is 0 Å². The van der Waals surface area contributed by atoms with Gasteiger partial charge in [0.05, 0.1) is 6.61 Å². The standard InChI is InChI=1S/C21H35NO4/c1-5-7-8-11-25-14-18-12-17(20(24)6-2)9-10-21(18)26-15-19(23)13-22-16(3)4/h9-10,12,16,19,22-23H,5-8,11,13-15H2,1-4H3/t19-/m1/s1. The first kappa shape index (κ1) is 22.6. The number of aliphatic hydroxyl groups excluding tert-OH is 1. The van der Waals surface area contributed by atoms with Gasteiger partial charge in [-0.25, -0.2) is 0 Å². The number of carbonyl (C=O) groups excluding carboxylic acids is 1. The summed E-state index contributed by atoms with van der Waals surface area (Å²) in [5, 5.41) is 13.2. The van der Waals surface area contributed by atoms with Crippen molar-refractivity contribution in [2.75, 3.05) is 19.8 Å². The van der Waals surface area contributed by atoms with Crippen LogP contribution in [0.4, 0.5) is 0 Å². The molecular weight excluding hydrogens is 330 g/mol. The maximum atomic E-state index is 12.0. The second kappa shape index (κ2) is 12.8. The van der Waals surface area contributed by atoms with Crippen molar-refractivity contribution in [2.24, 2.45) is 0 Å². The number of aliphatic hydroxyl groups is 1. The molecule has 1 aromatic carbocycles. The normalized spacial score (nSPS) is 12.4. The minimum Gasteiger partial charge on any atom is -0.490 e. The summed E-state index contributed by atoms with van der Waals surface area (Å²) in [5.74, 6) is 0.765. The van der Waals surface area contributed by atoms with Gasteiger partial charge in [0.15, 0.2) is 5.78 Å². The predicted molar refractivity (Wildman–Crippen MR) is 105 cm³/mol. The molecule has 148 valence electrons. The van der Waals surface area contributed by atoms with Gasteiger partial charge in [-0.3, -0.25) is 4.79 Å². The molecule has 0 saturated carbocycles. The van der Waals surface area contributed by atoms with Crippen LogP contribution in [0.15, 0.2) is 18.2 Å². The van der Waals surface area contributed by atoms with E-state index in [2.05, 4.69) is 12.2 Å². The number of benzene rings is 1. The molecule has 0 unspecified atom stereocenters. The molecule has 26 heavy (non-hydrogen) atoms. The zero-order chi connectivity index (χ0) is 19.4. The molecule has 1 atom stereocenters. The third-order valence-corrected chi connectivity index (χ3v) is 4.05. The minimum atomic E-state index is -0.590. The fourth-order valence-electron chi connectivity index (χ4n) is 2.46. The Morgan fingerprint density at radius 2 is 2.00 bits per heavy atom. The van der Waals surface area contributed by atoms with Crippen LogP contribution in [-0.4, -0.2) is 42.8 Å². The van der Waals surface area contributed by atoms with Crippen molar-refractivity contribution in [2.45, 2.75) is 72.1 Å². The lowest BCUT2D eigenvalue weighted by Crippen LogP contribution is -2.35. The molecule has 0 aromatic heterocycles. The van der Waals surface area contributed by atoms with E-state index in [9.17, 15) is 9.90 Å². The lowest BCUT2D eigenvalue weighted by atomic mass is 10.1. The predicted octanol–water partition coefficient (Wildman–Crippen LogP) is 3.72. The van der Waals surface area contributed by atoms with Crippen LogP contribution in [0.1, 0.15) is 69.3 Å². The Balaban J connectivity index is 2.69. The van der Waals surface area contributed by atoms with Crippen molar-refractivity contribution in [1.82, 2.24) is 5.32 Å². The van der Waals surface area contributed by atoms with Crippen LogP contribution < -0.4 is 10.1 Å².